The summed E-state index contributed by atoms with van der Waals surface area (Å²) in [6.45, 7) is 4.31. The number of hydrogen-bond acceptors (Lipinski definition) is 4. The molecule has 1 heterocycles. The van der Waals surface area contributed by atoms with Crippen molar-refractivity contribution in [3.05, 3.63) is 66.0 Å². The molecule has 0 aliphatic heterocycles. The van der Waals surface area contributed by atoms with E-state index in [1.54, 1.807) is 19.4 Å². The van der Waals surface area contributed by atoms with Crippen LogP contribution in [0, 0.1) is 0 Å². The first kappa shape index (κ1) is 20.0. The van der Waals surface area contributed by atoms with E-state index in [0.29, 0.717) is 5.75 Å². The molecule has 5 nitrogen and oxygen atoms in total. The highest BCUT2D eigenvalue weighted by atomic mass is 32.2. The van der Waals surface area contributed by atoms with Crippen LogP contribution in [0.25, 0.3) is 5.69 Å². The molecule has 0 spiro atoms. The second kappa shape index (κ2) is 9.46. The SMILES string of the molecule is CCc1cccc(CC)c1-n1ccnc1SCC(=O)Nc1cccc(OC)c1. The lowest BCUT2D eigenvalue weighted by Crippen LogP contribution is -2.14. The van der Waals surface area contributed by atoms with Crippen molar-refractivity contribution in [2.75, 3.05) is 18.2 Å². The molecule has 2 aromatic carbocycles. The summed E-state index contributed by atoms with van der Waals surface area (Å²) in [6.07, 6.45) is 5.65. The lowest BCUT2D eigenvalue weighted by Gasteiger charge is -2.16. The summed E-state index contributed by atoms with van der Waals surface area (Å²) in [6, 6.07) is 13.7. The number of anilines is 1. The molecule has 6 heteroatoms. The molecule has 0 unspecified atom stereocenters. The summed E-state index contributed by atoms with van der Waals surface area (Å²) in [5.41, 5.74) is 4.46. The van der Waals surface area contributed by atoms with Crippen LogP contribution in [0.3, 0.4) is 0 Å². The average molecular weight is 396 g/mol. The van der Waals surface area contributed by atoms with Crippen LogP contribution < -0.4 is 10.1 Å². The molecule has 1 aromatic heterocycles. The minimum Gasteiger partial charge on any atom is -0.497 e. The van der Waals surface area contributed by atoms with Gasteiger partial charge in [0.25, 0.3) is 0 Å². The third-order valence-corrected chi connectivity index (χ3v) is 5.47. The Morgan fingerprint density at radius 3 is 2.54 bits per heavy atom. The lowest BCUT2D eigenvalue weighted by atomic mass is 10.0. The third-order valence-electron chi connectivity index (χ3n) is 4.50. The van der Waals surface area contributed by atoms with Gasteiger partial charge < -0.3 is 10.1 Å². The molecule has 0 saturated heterocycles. The number of benzene rings is 2. The van der Waals surface area contributed by atoms with Crippen molar-refractivity contribution in [1.82, 2.24) is 9.55 Å². The number of thioether (sulfide) groups is 1. The van der Waals surface area contributed by atoms with Gasteiger partial charge in [-0.25, -0.2) is 4.98 Å². The molecule has 0 atom stereocenters. The number of carbonyl (C=O) groups is 1. The van der Waals surface area contributed by atoms with E-state index in [2.05, 4.69) is 46.9 Å². The summed E-state index contributed by atoms with van der Waals surface area (Å²) in [4.78, 5) is 16.9. The highest BCUT2D eigenvalue weighted by molar-refractivity contribution is 7.99. The first-order valence-electron chi connectivity index (χ1n) is 9.37. The summed E-state index contributed by atoms with van der Waals surface area (Å²) >= 11 is 1.43. The molecule has 0 fully saturated rings. The van der Waals surface area contributed by atoms with E-state index in [1.165, 1.54) is 28.6 Å². The summed E-state index contributed by atoms with van der Waals surface area (Å²) in [5.74, 6) is 0.917. The number of aryl methyl sites for hydroxylation is 2. The second-order valence-electron chi connectivity index (χ2n) is 6.28. The molecular formula is C22H25N3O2S. The van der Waals surface area contributed by atoms with Gasteiger partial charge in [0.05, 0.1) is 18.6 Å². The summed E-state index contributed by atoms with van der Waals surface area (Å²) in [5, 5.41) is 3.72. The minimum atomic E-state index is -0.0766. The zero-order chi connectivity index (χ0) is 19.9. The quantitative estimate of drug-likeness (QED) is 0.560. The Bertz CT molecular complexity index is 930. The Balaban J connectivity index is 1.74. The van der Waals surface area contributed by atoms with Gasteiger partial charge >= 0.3 is 0 Å². The fraction of sp³-hybridized carbons (Fsp3) is 0.273. The van der Waals surface area contributed by atoms with Gasteiger partial charge in [0.1, 0.15) is 5.75 Å². The number of imidazole rings is 1. The van der Waals surface area contributed by atoms with Crippen molar-refractivity contribution in [3.63, 3.8) is 0 Å². The van der Waals surface area contributed by atoms with Crippen molar-refractivity contribution < 1.29 is 9.53 Å². The highest BCUT2D eigenvalue weighted by Crippen LogP contribution is 2.27. The summed E-state index contributed by atoms with van der Waals surface area (Å²) < 4.78 is 7.29. The van der Waals surface area contributed by atoms with Crippen LogP contribution in [0.15, 0.2) is 60.0 Å². The van der Waals surface area contributed by atoms with Gasteiger partial charge in [-0.3, -0.25) is 9.36 Å². The van der Waals surface area contributed by atoms with Crippen molar-refractivity contribution in [2.45, 2.75) is 31.8 Å². The van der Waals surface area contributed by atoms with Gasteiger partial charge in [0.2, 0.25) is 5.91 Å². The largest absolute Gasteiger partial charge is 0.497 e. The standard InChI is InChI=1S/C22H25N3O2S/c1-4-16-8-6-9-17(5-2)21(16)25-13-12-23-22(25)28-15-20(26)24-18-10-7-11-19(14-18)27-3/h6-14H,4-5,15H2,1-3H3,(H,24,26). The van der Waals surface area contributed by atoms with Gasteiger partial charge in [-0.05, 0) is 36.1 Å². The Morgan fingerprint density at radius 2 is 1.86 bits per heavy atom. The van der Waals surface area contributed by atoms with Crippen LogP contribution in [-0.4, -0.2) is 28.3 Å². The number of hydrogen-bond donors (Lipinski definition) is 1. The van der Waals surface area contributed by atoms with E-state index in [1.807, 2.05) is 24.4 Å². The number of rotatable bonds is 8. The number of nitrogens with one attached hydrogen (secondary N) is 1. The van der Waals surface area contributed by atoms with Crippen molar-refractivity contribution >= 4 is 23.4 Å². The zero-order valence-corrected chi connectivity index (χ0v) is 17.3. The molecule has 1 amide bonds. The van der Waals surface area contributed by atoms with Crippen LogP contribution in [-0.2, 0) is 17.6 Å². The Labute approximate surface area is 170 Å². The van der Waals surface area contributed by atoms with Crippen LogP contribution in [0.5, 0.6) is 5.75 Å². The van der Waals surface area contributed by atoms with Crippen LogP contribution >= 0.6 is 11.8 Å². The van der Waals surface area contributed by atoms with E-state index >= 15 is 0 Å². The van der Waals surface area contributed by atoms with Crippen molar-refractivity contribution in [2.24, 2.45) is 0 Å². The molecule has 0 aliphatic carbocycles. The lowest BCUT2D eigenvalue weighted by molar-refractivity contribution is -0.113. The fourth-order valence-corrected chi connectivity index (χ4v) is 3.88. The van der Waals surface area contributed by atoms with Gasteiger partial charge in [0.15, 0.2) is 5.16 Å². The molecule has 0 bridgehead atoms. The monoisotopic (exact) mass is 395 g/mol. The van der Waals surface area contributed by atoms with E-state index < -0.39 is 0 Å². The van der Waals surface area contributed by atoms with E-state index in [-0.39, 0.29) is 11.7 Å². The number of nitrogens with zero attached hydrogens (tertiary/aromatic N) is 2. The Kier molecular flexibility index (Phi) is 6.76. The van der Waals surface area contributed by atoms with E-state index in [4.69, 9.17) is 4.74 Å². The maximum absolute atomic E-state index is 12.4. The second-order valence-corrected chi connectivity index (χ2v) is 7.22. The Hall–Kier alpha value is -2.73. The van der Waals surface area contributed by atoms with Gasteiger partial charge in [0, 0.05) is 24.1 Å². The van der Waals surface area contributed by atoms with Crippen LogP contribution in [0.1, 0.15) is 25.0 Å². The first-order valence-corrected chi connectivity index (χ1v) is 10.4. The predicted molar refractivity (Wildman–Crippen MR) is 115 cm³/mol. The zero-order valence-electron chi connectivity index (χ0n) is 16.4. The molecular weight excluding hydrogens is 370 g/mol. The molecule has 0 saturated carbocycles. The Morgan fingerprint density at radius 1 is 1.14 bits per heavy atom. The topological polar surface area (TPSA) is 56.2 Å². The van der Waals surface area contributed by atoms with E-state index in [0.717, 1.165) is 23.7 Å². The maximum Gasteiger partial charge on any atom is 0.234 e. The fourth-order valence-electron chi connectivity index (χ4n) is 3.12. The molecule has 3 aromatic rings. The smallest absolute Gasteiger partial charge is 0.234 e. The van der Waals surface area contributed by atoms with Gasteiger partial charge in [-0.1, -0.05) is 49.9 Å². The number of methoxy groups -OCH3 is 1. The molecule has 1 N–H and O–H groups in total. The normalized spacial score (nSPS) is 10.7. The molecule has 0 aliphatic rings. The maximum atomic E-state index is 12.4. The van der Waals surface area contributed by atoms with E-state index in [9.17, 15) is 4.79 Å². The number of amides is 1. The molecule has 28 heavy (non-hydrogen) atoms. The van der Waals surface area contributed by atoms with Crippen molar-refractivity contribution in [1.29, 1.82) is 0 Å². The number of aromatic nitrogens is 2. The van der Waals surface area contributed by atoms with Gasteiger partial charge in [-0.15, -0.1) is 0 Å². The highest BCUT2D eigenvalue weighted by Gasteiger charge is 2.14. The molecule has 3 rings (SSSR count). The van der Waals surface area contributed by atoms with Crippen LogP contribution in [0.2, 0.25) is 0 Å². The van der Waals surface area contributed by atoms with Crippen molar-refractivity contribution in [3.8, 4) is 11.4 Å². The summed E-state index contributed by atoms with van der Waals surface area (Å²) in [7, 11) is 1.61. The van der Waals surface area contributed by atoms with Crippen LogP contribution in [0.4, 0.5) is 5.69 Å². The number of carbonyl (C=O) groups excluding carboxylic acids is 1. The minimum absolute atomic E-state index is 0.0766. The van der Waals surface area contributed by atoms with Gasteiger partial charge in [-0.2, -0.15) is 0 Å². The first-order chi connectivity index (χ1) is 13.7. The predicted octanol–water partition coefficient (Wildman–Crippen LogP) is 4.74. The average Bonchev–Trinajstić information content (AvgIpc) is 3.19. The number of para-hydroxylation sites is 1. The third kappa shape index (κ3) is 4.57. The molecule has 146 valence electrons. The molecule has 0 radical (unpaired) electrons. The number of ether oxygens (including phenoxy) is 1.